The molecule has 0 spiro atoms. The minimum absolute atomic E-state index is 0.000785. The summed E-state index contributed by atoms with van der Waals surface area (Å²) in [5.74, 6) is 0.000785. The number of nitrogens with one attached hydrogen (secondary N) is 2. The van der Waals surface area contributed by atoms with Crippen molar-refractivity contribution in [3.63, 3.8) is 0 Å². The fourth-order valence-corrected chi connectivity index (χ4v) is 4.59. The van der Waals surface area contributed by atoms with E-state index in [9.17, 15) is 13.2 Å². The van der Waals surface area contributed by atoms with Gasteiger partial charge in [0.05, 0.1) is 10.3 Å². The minimum atomic E-state index is -3.71. The third kappa shape index (κ3) is 4.35. The van der Waals surface area contributed by atoms with Gasteiger partial charge >= 0.3 is 0 Å². The van der Waals surface area contributed by atoms with Crippen LogP contribution < -0.4 is 10.0 Å². The fourth-order valence-electron chi connectivity index (χ4n) is 3.40. The van der Waals surface area contributed by atoms with E-state index in [1.165, 1.54) is 24.3 Å². The zero-order chi connectivity index (χ0) is 21.2. The average Bonchev–Trinajstić information content (AvgIpc) is 3.55. The van der Waals surface area contributed by atoms with Gasteiger partial charge in [-0.25, -0.2) is 8.42 Å². The van der Waals surface area contributed by atoms with Crippen LogP contribution in [0.3, 0.4) is 0 Å². The van der Waals surface area contributed by atoms with Gasteiger partial charge in [-0.15, -0.1) is 0 Å². The van der Waals surface area contributed by atoms with Crippen LogP contribution in [0.1, 0.15) is 24.0 Å². The first-order valence-corrected chi connectivity index (χ1v) is 11.5. The summed E-state index contributed by atoms with van der Waals surface area (Å²) in [5, 5.41) is 3.49. The van der Waals surface area contributed by atoms with E-state index in [0.29, 0.717) is 17.3 Å². The molecule has 7 heteroatoms. The third-order valence-electron chi connectivity index (χ3n) is 5.29. The Morgan fingerprint density at radius 1 is 0.900 bits per heavy atom. The van der Waals surface area contributed by atoms with Gasteiger partial charge in [0.2, 0.25) is 5.91 Å². The number of carbonyl (C=O) groups is 1. The monoisotopic (exact) mass is 440 g/mol. The van der Waals surface area contributed by atoms with Crippen molar-refractivity contribution in [3.05, 3.63) is 95.0 Å². The molecule has 0 heterocycles. The maximum atomic E-state index is 12.8. The van der Waals surface area contributed by atoms with Crippen LogP contribution in [0, 0.1) is 0 Å². The summed E-state index contributed by atoms with van der Waals surface area (Å²) in [6.07, 6.45) is 1.56. The van der Waals surface area contributed by atoms with Gasteiger partial charge in [-0.2, -0.15) is 0 Å². The highest BCUT2D eigenvalue weighted by Crippen LogP contribution is 2.48. The molecule has 2 N–H and O–H groups in total. The quantitative estimate of drug-likeness (QED) is 0.568. The molecule has 0 bridgehead atoms. The standard InChI is InChI=1S/C23H21ClN2O3S/c24-19-8-12-21(13-9-19)30(28,29)26-20-10-6-18(7-11-20)23(14-15-23)22(27)25-16-17-4-2-1-3-5-17/h1-13,26H,14-16H2,(H,25,27). The molecule has 154 valence electrons. The Bertz CT molecular complexity index is 1140. The van der Waals surface area contributed by atoms with Crippen LogP contribution in [0.4, 0.5) is 5.69 Å². The van der Waals surface area contributed by atoms with Crippen molar-refractivity contribution in [1.82, 2.24) is 5.32 Å². The molecule has 1 amide bonds. The van der Waals surface area contributed by atoms with Crippen molar-refractivity contribution in [1.29, 1.82) is 0 Å². The number of rotatable bonds is 7. The van der Waals surface area contributed by atoms with Crippen molar-refractivity contribution in [2.24, 2.45) is 0 Å². The lowest BCUT2D eigenvalue weighted by Gasteiger charge is -2.17. The molecule has 0 atom stereocenters. The number of benzene rings is 3. The molecule has 0 aliphatic heterocycles. The molecule has 1 fully saturated rings. The Hall–Kier alpha value is -2.83. The maximum Gasteiger partial charge on any atom is 0.261 e. The molecule has 0 aromatic heterocycles. The SMILES string of the molecule is O=C(NCc1ccccc1)C1(c2ccc(NS(=O)(=O)c3ccc(Cl)cc3)cc2)CC1. The van der Waals surface area contributed by atoms with Gasteiger partial charge in [0.1, 0.15) is 0 Å². The lowest BCUT2D eigenvalue weighted by atomic mass is 9.94. The molecule has 3 aromatic rings. The van der Waals surface area contributed by atoms with Gasteiger partial charge in [-0.1, -0.05) is 54.1 Å². The number of hydrogen-bond acceptors (Lipinski definition) is 3. The van der Waals surface area contributed by atoms with E-state index in [1.807, 2.05) is 42.5 Å². The Kier molecular flexibility index (Phi) is 5.54. The highest BCUT2D eigenvalue weighted by atomic mass is 35.5. The summed E-state index contributed by atoms with van der Waals surface area (Å²) in [4.78, 5) is 12.9. The van der Waals surface area contributed by atoms with E-state index in [2.05, 4.69) is 10.0 Å². The maximum absolute atomic E-state index is 12.8. The van der Waals surface area contributed by atoms with Crippen LogP contribution in [0.25, 0.3) is 0 Å². The highest BCUT2D eigenvalue weighted by Gasteiger charge is 2.51. The van der Waals surface area contributed by atoms with Crippen LogP contribution in [-0.2, 0) is 26.8 Å². The van der Waals surface area contributed by atoms with Crippen molar-refractivity contribution in [2.75, 3.05) is 4.72 Å². The van der Waals surface area contributed by atoms with E-state index in [-0.39, 0.29) is 10.8 Å². The molecule has 3 aromatic carbocycles. The zero-order valence-corrected chi connectivity index (χ0v) is 17.7. The average molecular weight is 441 g/mol. The van der Waals surface area contributed by atoms with Crippen molar-refractivity contribution in [2.45, 2.75) is 29.7 Å². The van der Waals surface area contributed by atoms with E-state index in [0.717, 1.165) is 24.0 Å². The highest BCUT2D eigenvalue weighted by molar-refractivity contribution is 7.92. The van der Waals surface area contributed by atoms with Crippen LogP contribution in [-0.4, -0.2) is 14.3 Å². The van der Waals surface area contributed by atoms with Gasteiger partial charge in [-0.05, 0) is 60.4 Å². The van der Waals surface area contributed by atoms with Gasteiger partial charge in [0.15, 0.2) is 0 Å². The molecule has 0 unspecified atom stereocenters. The Morgan fingerprint density at radius 2 is 1.53 bits per heavy atom. The number of carbonyl (C=O) groups excluding carboxylic acids is 1. The molecule has 1 saturated carbocycles. The van der Waals surface area contributed by atoms with E-state index in [1.54, 1.807) is 12.1 Å². The number of anilines is 1. The van der Waals surface area contributed by atoms with E-state index < -0.39 is 15.4 Å². The molecule has 0 saturated heterocycles. The van der Waals surface area contributed by atoms with Crippen molar-refractivity contribution >= 4 is 33.2 Å². The first-order valence-electron chi connectivity index (χ1n) is 9.60. The zero-order valence-electron chi connectivity index (χ0n) is 16.1. The topological polar surface area (TPSA) is 75.3 Å². The summed E-state index contributed by atoms with van der Waals surface area (Å²) in [7, 11) is -3.71. The summed E-state index contributed by atoms with van der Waals surface area (Å²) in [6.45, 7) is 0.487. The predicted octanol–water partition coefficient (Wildman–Crippen LogP) is 4.49. The van der Waals surface area contributed by atoms with Crippen molar-refractivity contribution < 1.29 is 13.2 Å². The Balaban J connectivity index is 1.44. The van der Waals surface area contributed by atoms with Gasteiger partial charge in [0.25, 0.3) is 10.0 Å². The Labute approximate surface area is 181 Å². The molecule has 1 aliphatic carbocycles. The normalized spacial score (nSPS) is 14.7. The van der Waals surface area contributed by atoms with Crippen LogP contribution >= 0.6 is 11.6 Å². The molecular formula is C23H21ClN2O3S. The van der Waals surface area contributed by atoms with Crippen LogP contribution in [0.5, 0.6) is 0 Å². The molecule has 0 radical (unpaired) electrons. The fraction of sp³-hybridized carbons (Fsp3) is 0.174. The molecule has 30 heavy (non-hydrogen) atoms. The third-order valence-corrected chi connectivity index (χ3v) is 6.94. The smallest absolute Gasteiger partial charge is 0.261 e. The number of amides is 1. The van der Waals surface area contributed by atoms with Crippen molar-refractivity contribution in [3.8, 4) is 0 Å². The molecular weight excluding hydrogens is 420 g/mol. The van der Waals surface area contributed by atoms with Gasteiger partial charge < -0.3 is 5.32 Å². The van der Waals surface area contributed by atoms with Crippen LogP contribution in [0.15, 0.2) is 83.8 Å². The summed E-state index contributed by atoms with van der Waals surface area (Å²) < 4.78 is 27.6. The summed E-state index contributed by atoms with van der Waals surface area (Å²) in [6, 6.07) is 22.7. The molecule has 5 nitrogen and oxygen atoms in total. The summed E-state index contributed by atoms with van der Waals surface area (Å²) >= 11 is 5.82. The number of sulfonamides is 1. The number of halogens is 1. The lowest BCUT2D eigenvalue weighted by Crippen LogP contribution is -2.34. The second-order valence-corrected chi connectivity index (χ2v) is 9.51. The second-order valence-electron chi connectivity index (χ2n) is 7.39. The first-order chi connectivity index (χ1) is 14.4. The minimum Gasteiger partial charge on any atom is -0.351 e. The first kappa shape index (κ1) is 20.4. The second kappa shape index (κ2) is 8.13. The van der Waals surface area contributed by atoms with Crippen LogP contribution in [0.2, 0.25) is 5.02 Å². The predicted molar refractivity (Wildman–Crippen MR) is 118 cm³/mol. The largest absolute Gasteiger partial charge is 0.351 e. The van der Waals surface area contributed by atoms with Gasteiger partial charge in [0, 0.05) is 17.3 Å². The van der Waals surface area contributed by atoms with E-state index >= 15 is 0 Å². The van der Waals surface area contributed by atoms with Gasteiger partial charge in [-0.3, -0.25) is 9.52 Å². The molecule has 4 rings (SSSR count). The Morgan fingerprint density at radius 3 is 2.13 bits per heavy atom. The van der Waals surface area contributed by atoms with E-state index in [4.69, 9.17) is 11.6 Å². The summed E-state index contributed by atoms with van der Waals surface area (Å²) in [5.41, 5.74) is 1.85. The lowest BCUT2D eigenvalue weighted by molar-refractivity contribution is -0.123. The number of hydrogen-bond donors (Lipinski definition) is 2. The molecule has 1 aliphatic rings.